The van der Waals surface area contributed by atoms with E-state index in [0.29, 0.717) is 6.10 Å². The summed E-state index contributed by atoms with van der Waals surface area (Å²) in [6, 6.07) is 9.65. The van der Waals surface area contributed by atoms with E-state index in [1.54, 1.807) is 0 Å². The summed E-state index contributed by atoms with van der Waals surface area (Å²) in [4.78, 5) is 17.2. The number of rotatable bonds is 7. The Morgan fingerprint density at radius 1 is 1.15 bits per heavy atom. The van der Waals surface area contributed by atoms with Crippen molar-refractivity contribution in [1.29, 1.82) is 0 Å². The minimum absolute atomic E-state index is 0.164. The van der Waals surface area contributed by atoms with E-state index < -0.39 is 0 Å². The summed E-state index contributed by atoms with van der Waals surface area (Å²) >= 11 is 0. The molecule has 1 amide bonds. The number of nitrogens with two attached hydrogens (primary N) is 1. The lowest BCUT2D eigenvalue weighted by Gasteiger charge is -2.35. The molecule has 2 fully saturated rings. The maximum Gasteiger partial charge on any atom is 0.227 e. The molecular weight excluding hydrogens is 326 g/mol. The van der Waals surface area contributed by atoms with Gasteiger partial charge in [0.1, 0.15) is 0 Å². The van der Waals surface area contributed by atoms with Crippen LogP contribution < -0.4 is 5.73 Å². The predicted octanol–water partition coefficient (Wildman–Crippen LogP) is 2.43. The zero-order chi connectivity index (χ0) is 18.4. The molecule has 0 bridgehead atoms. The van der Waals surface area contributed by atoms with Gasteiger partial charge in [0.25, 0.3) is 0 Å². The van der Waals surface area contributed by atoms with E-state index in [1.807, 2.05) is 42.2 Å². The van der Waals surface area contributed by atoms with Crippen LogP contribution in [0.25, 0.3) is 0 Å². The molecule has 26 heavy (non-hydrogen) atoms. The lowest BCUT2D eigenvalue weighted by Crippen LogP contribution is -2.45. The first-order valence-corrected chi connectivity index (χ1v) is 10.1. The highest BCUT2D eigenvalue weighted by atomic mass is 16.5. The van der Waals surface area contributed by atoms with Gasteiger partial charge in [-0.2, -0.15) is 0 Å². The van der Waals surface area contributed by atoms with Gasteiger partial charge in [0.05, 0.1) is 18.6 Å². The fraction of sp³-hybridized carbons (Fsp3) is 0.667. The molecular formula is C21H33N3O2. The monoisotopic (exact) mass is 359 g/mol. The number of nitrogens with zero attached hydrogens (tertiary/aromatic N) is 2. The van der Waals surface area contributed by atoms with E-state index >= 15 is 0 Å². The molecule has 0 radical (unpaired) electrons. The highest BCUT2D eigenvalue weighted by Gasteiger charge is 2.30. The van der Waals surface area contributed by atoms with Crippen LogP contribution in [0, 0.1) is 5.92 Å². The van der Waals surface area contributed by atoms with Crippen molar-refractivity contribution < 1.29 is 9.53 Å². The van der Waals surface area contributed by atoms with Crippen molar-refractivity contribution in [2.75, 3.05) is 39.3 Å². The molecule has 1 aromatic rings. The molecule has 2 saturated heterocycles. The fourth-order valence-corrected chi connectivity index (χ4v) is 4.00. The zero-order valence-corrected chi connectivity index (χ0v) is 16.0. The summed E-state index contributed by atoms with van der Waals surface area (Å²) in [5, 5.41) is 0. The number of ether oxygens (including phenoxy) is 1. The number of benzene rings is 1. The van der Waals surface area contributed by atoms with Crippen molar-refractivity contribution in [2.45, 2.75) is 44.8 Å². The second-order valence-electron chi connectivity index (χ2n) is 7.67. The molecule has 5 heteroatoms. The first kappa shape index (κ1) is 19.3. The van der Waals surface area contributed by atoms with Crippen molar-refractivity contribution in [3.05, 3.63) is 35.9 Å². The van der Waals surface area contributed by atoms with Gasteiger partial charge in [-0.3, -0.25) is 4.79 Å². The van der Waals surface area contributed by atoms with Crippen LogP contribution in [0.15, 0.2) is 30.3 Å². The first-order chi connectivity index (χ1) is 12.6. The number of likely N-dealkylation sites (tertiary alicyclic amines) is 2. The third kappa shape index (κ3) is 5.06. The minimum atomic E-state index is -0.252. The van der Waals surface area contributed by atoms with Gasteiger partial charge in [-0.1, -0.05) is 37.3 Å². The summed E-state index contributed by atoms with van der Waals surface area (Å²) < 4.78 is 6.05. The third-order valence-corrected chi connectivity index (χ3v) is 5.83. The Morgan fingerprint density at radius 2 is 1.81 bits per heavy atom. The van der Waals surface area contributed by atoms with Gasteiger partial charge < -0.3 is 20.3 Å². The molecule has 5 nitrogen and oxygen atoms in total. The van der Waals surface area contributed by atoms with E-state index in [1.165, 1.54) is 25.9 Å². The molecule has 0 aromatic heterocycles. The Morgan fingerprint density at radius 3 is 2.46 bits per heavy atom. The van der Waals surface area contributed by atoms with Crippen LogP contribution in [0.5, 0.6) is 0 Å². The second kappa shape index (κ2) is 9.49. The van der Waals surface area contributed by atoms with Crippen molar-refractivity contribution in [1.82, 2.24) is 9.80 Å². The van der Waals surface area contributed by atoms with Gasteiger partial charge in [-0.05, 0) is 44.3 Å². The molecule has 0 spiro atoms. The van der Waals surface area contributed by atoms with Crippen molar-refractivity contribution >= 4 is 5.91 Å². The lowest BCUT2D eigenvalue weighted by atomic mass is 9.93. The van der Waals surface area contributed by atoms with Crippen molar-refractivity contribution in [3.63, 3.8) is 0 Å². The van der Waals surface area contributed by atoms with Crippen LogP contribution in [0.4, 0.5) is 0 Å². The van der Waals surface area contributed by atoms with Gasteiger partial charge in [0.2, 0.25) is 5.91 Å². The Balaban J connectivity index is 1.40. The first-order valence-electron chi connectivity index (χ1n) is 10.1. The SMILES string of the molecule is CC(C(=O)N1CCC(OCCN2CCCC2)CC1)C(N)c1ccccc1. The lowest BCUT2D eigenvalue weighted by molar-refractivity contribution is -0.138. The summed E-state index contributed by atoms with van der Waals surface area (Å²) in [5.74, 6) is -0.0399. The highest BCUT2D eigenvalue weighted by molar-refractivity contribution is 5.79. The van der Waals surface area contributed by atoms with E-state index in [4.69, 9.17) is 10.5 Å². The molecule has 0 aliphatic carbocycles. The molecule has 2 unspecified atom stereocenters. The Hall–Kier alpha value is -1.43. The number of piperidine rings is 1. The van der Waals surface area contributed by atoms with Gasteiger partial charge in [-0.15, -0.1) is 0 Å². The van der Waals surface area contributed by atoms with Crippen LogP contribution in [0.1, 0.15) is 44.2 Å². The van der Waals surface area contributed by atoms with Crippen LogP contribution in [-0.4, -0.2) is 61.1 Å². The number of carbonyl (C=O) groups excluding carboxylic acids is 1. The Kier molecular flexibility index (Phi) is 7.06. The average molecular weight is 360 g/mol. The topological polar surface area (TPSA) is 58.8 Å². The van der Waals surface area contributed by atoms with Gasteiger partial charge in [0, 0.05) is 25.7 Å². The number of hydrogen-bond acceptors (Lipinski definition) is 4. The molecule has 3 rings (SSSR count). The smallest absolute Gasteiger partial charge is 0.227 e. The Bertz CT molecular complexity index is 552. The molecule has 1 aromatic carbocycles. The highest BCUT2D eigenvalue weighted by Crippen LogP contribution is 2.23. The van der Waals surface area contributed by atoms with Crippen molar-refractivity contribution in [2.24, 2.45) is 11.7 Å². The predicted molar refractivity (Wildman–Crippen MR) is 104 cm³/mol. The van der Waals surface area contributed by atoms with Crippen LogP contribution in [0.3, 0.4) is 0 Å². The molecule has 2 N–H and O–H groups in total. The molecule has 0 saturated carbocycles. The number of carbonyl (C=O) groups is 1. The standard InChI is InChI=1S/C21H33N3O2/c1-17(20(22)18-7-3-2-4-8-18)21(25)24-13-9-19(10-14-24)26-16-15-23-11-5-6-12-23/h2-4,7-8,17,19-20H,5-6,9-16,22H2,1H3. The fourth-order valence-electron chi connectivity index (χ4n) is 4.00. The van der Waals surface area contributed by atoms with E-state index in [0.717, 1.165) is 44.6 Å². The van der Waals surface area contributed by atoms with Crippen LogP contribution >= 0.6 is 0 Å². The molecule has 2 heterocycles. The zero-order valence-electron chi connectivity index (χ0n) is 16.0. The second-order valence-corrected chi connectivity index (χ2v) is 7.67. The molecule has 2 aliphatic rings. The maximum absolute atomic E-state index is 12.8. The van der Waals surface area contributed by atoms with Gasteiger partial charge in [0.15, 0.2) is 0 Å². The summed E-state index contributed by atoms with van der Waals surface area (Å²) in [5.41, 5.74) is 7.34. The van der Waals surface area contributed by atoms with E-state index in [9.17, 15) is 4.79 Å². The summed E-state index contributed by atoms with van der Waals surface area (Å²) in [6.45, 7) is 7.79. The quantitative estimate of drug-likeness (QED) is 0.812. The number of amides is 1. The summed E-state index contributed by atoms with van der Waals surface area (Å²) in [7, 11) is 0. The normalized spacial score (nSPS) is 21.7. The largest absolute Gasteiger partial charge is 0.377 e. The van der Waals surface area contributed by atoms with Gasteiger partial charge >= 0.3 is 0 Å². The van der Waals surface area contributed by atoms with E-state index in [-0.39, 0.29) is 17.9 Å². The molecule has 144 valence electrons. The van der Waals surface area contributed by atoms with Crippen LogP contribution in [0.2, 0.25) is 0 Å². The van der Waals surface area contributed by atoms with E-state index in [2.05, 4.69) is 4.90 Å². The van der Waals surface area contributed by atoms with Gasteiger partial charge in [-0.25, -0.2) is 0 Å². The Labute approximate surface area is 157 Å². The number of hydrogen-bond donors (Lipinski definition) is 1. The average Bonchev–Trinajstić information content (AvgIpc) is 3.21. The minimum Gasteiger partial charge on any atom is -0.377 e. The van der Waals surface area contributed by atoms with Crippen molar-refractivity contribution in [3.8, 4) is 0 Å². The molecule has 2 atom stereocenters. The molecule has 2 aliphatic heterocycles. The third-order valence-electron chi connectivity index (χ3n) is 5.83. The summed E-state index contributed by atoms with van der Waals surface area (Å²) in [6.07, 6.45) is 4.80. The maximum atomic E-state index is 12.8. The van der Waals surface area contributed by atoms with Crippen LogP contribution in [-0.2, 0) is 9.53 Å².